The van der Waals surface area contributed by atoms with Crippen LogP contribution in [0.5, 0.6) is 0 Å². The van der Waals surface area contributed by atoms with Crippen molar-refractivity contribution in [2.75, 3.05) is 0 Å². The number of aryl methyl sites for hydroxylation is 1. The van der Waals surface area contributed by atoms with Crippen LogP contribution in [0, 0.1) is 0 Å². The Balaban J connectivity index is 2.59. The molecule has 0 aliphatic carbocycles. The topological polar surface area (TPSA) is 55.1 Å². The maximum Gasteiger partial charge on any atom is 0.238 e. The largest absolute Gasteiger partial charge is 0.294 e. The second-order valence-electron chi connectivity index (χ2n) is 3.31. The summed E-state index contributed by atoms with van der Waals surface area (Å²) in [5, 5.41) is 0. The SMILES string of the molecule is CCCc1ccc(CC(=O)NN)cc1. The fourth-order valence-electron chi connectivity index (χ4n) is 1.35. The van der Waals surface area contributed by atoms with E-state index < -0.39 is 0 Å². The number of nitrogens with two attached hydrogens (primary N) is 1. The molecule has 0 spiro atoms. The Morgan fingerprint density at radius 1 is 1.29 bits per heavy atom. The molecule has 1 amide bonds. The number of amides is 1. The quantitative estimate of drug-likeness (QED) is 0.427. The Labute approximate surface area is 84.3 Å². The van der Waals surface area contributed by atoms with E-state index in [1.807, 2.05) is 12.1 Å². The molecule has 0 aliphatic rings. The number of hydrogen-bond donors (Lipinski definition) is 2. The highest BCUT2D eigenvalue weighted by Gasteiger charge is 2.00. The highest BCUT2D eigenvalue weighted by Crippen LogP contribution is 2.06. The molecule has 0 aliphatic heterocycles. The lowest BCUT2D eigenvalue weighted by Gasteiger charge is -2.02. The molecule has 14 heavy (non-hydrogen) atoms. The summed E-state index contributed by atoms with van der Waals surface area (Å²) in [5.74, 6) is 4.84. The van der Waals surface area contributed by atoms with Gasteiger partial charge in [-0.05, 0) is 17.5 Å². The van der Waals surface area contributed by atoms with Crippen LogP contribution in [0.1, 0.15) is 24.5 Å². The molecule has 0 bridgehead atoms. The molecule has 0 atom stereocenters. The fraction of sp³-hybridized carbons (Fsp3) is 0.364. The number of hydrazine groups is 1. The monoisotopic (exact) mass is 192 g/mol. The number of rotatable bonds is 4. The van der Waals surface area contributed by atoms with Gasteiger partial charge in [-0.3, -0.25) is 10.2 Å². The highest BCUT2D eigenvalue weighted by molar-refractivity contribution is 5.77. The van der Waals surface area contributed by atoms with E-state index in [1.54, 1.807) is 0 Å². The summed E-state index contributed by atoms with van der Waals surface area (Å²) < 4.78 is 0. The summed E-state index contributed by atoms with van der Waals surface area (Å²) in [6, 6.07) is 8.06. The minimum Gasteiger partial charge on any atom is -0.294 e. The fourth-order valence-corrected chi connectivity index (χ4v) is 1.35. The van der Waals surface area contributed by atoms with Crippen LogP contribution >= 0.6 is 0 Å². The third kappa shape index (κ3) is 3.18. The number of hydrogen-bond acceptors (Lipinski definition) is 2. The molecule has 0 aromatic heterocycles. The Morgan fingerprint density at radius 3 is 2.36 bits per heavy atom. The number of benzene rings is 1. The van der Waals surface area contributed by atoms with Gasteiger partial charge in [0.25, 0.3) is 0 Å². The Morgan fingerprint density at radius 2 is 1.86 bits per heavy atom. The van der Waals surface area contributed by atoms with E-state index in [1.165, 1.54) is 5.56 Å². The summed E-state index contributed by atoms with van der Waals surface area (Å²) in [6.07, 6.45) is 2.58. The Hall–Kier alpha value is -1.35. The molecule has 3 heteroatoms. The summed E-state index contributed by atoms with van der Waals surface area (Å²) in [5.41, 5.74) is 4.42. The van der Waals surface area contributed by atoms with Crippen LogP contribution in [0.15, 0.2) is 24.3 Å². The molecule has 0 heterocycles. The molecule has 0 saturated carbocycles. The summed E-state index contributed by atoms with van der Waals surface area (Å²) in [4.78, 5) is 11.0. The van der Waals surface area contributed by atoms with Crippen LogP contribution in [0.3, 0.4) is 0 Å². The van der Waals surface area contributed by atoms with Crippen molar-refractivity contribution >= 4 is 5.91 Å². The first-order valence-electron chi connectivity index (χ1n) is 4.83. The van der Waals surface area contributed by atoms with Crippen molar-refractivity contribution in [1.82, 2.24) is 5.43 Å². The molecule has 0 saturated heterocycles. The maximum absolute atomic E-state index is 11.0. The molecule has 3 nitrogen and oxygen atoms in total. The van der Waals surface area contributed by atoms with Gasteiger partial charge in [-0.25, -0.2) is 5.84 Å². The first-order chi connectivity index (χ1) is 6.76. The van der Waals surface area contributed by atoms with Crippen molar-refractivity contribution in [3.05, 3.63) is 35.4 Å². The van der Waals surface area contributed by atoms with E-state index in [2.05, 4.69) is 24.5 Å². The molecule has 1 rings (SSSR count). The van der Waals surface area contributed by atoms with Crippen LogP contribution in [0.4, 0.5) is 0 Å². The Bertz CT molecular complexity index is 293. The number of nitrogens with one attached hydrogen (secondary N) is 1. The molecule has 76 valence electrons. The van der Waals surface area contributed by atoms with E-state index in [4.69, 9.17) is 5.84 Å². The van der Waals surface area contributed by atoms with Gasteiger partial charge in [-0.2, -0.15) is 0 Å². The first kappa shape index (κ1) is 10.7. The van der Waals surface area contributed by atoms with E-state index in [9.17, 15) is 4.79 Å². The molecular formula is C11H16N2O. The van der Waals surface area contributed by atoms with Gasteiger partial charge < -0.3 is 0 Å². The zero-order valence-corrected chi connectivity index (χ0v) is 8.42. The van der Waals surface area contributed by atoms with Crippen molar-refractivity contribution in [3.8, 4) is 0 Å². The molecule has 1 aromatic rings. The predicted molar refractivity (Wildman–Crippen MR) is 56.5 cm³/mol. The second-order valence-corrected chi connectivity index (χ2v) is 3.31. The molecule has 3 N–H and O–H groups in total. The van der Waals surface area contributed by atoms with Gasteiger partial charge in [-0.15, -0.1) is 0 Å². The zero-order chi connectivity index (χ0) is 10.4. The molecule has 1 aromatic carbocycles. The first-order valence-corrected chi connectivity index (χ1v) is 4.83. The van der Waals surface area contributed by atoms with Gasteiger partial charge in [0.2, 0.25) is 5.91 Å². The predicted octanol–water partition coefficient (Wildman–Crippen LogP) is 1.17. The molecule has 0 radical (unpaired) electrons. The van der Waals surface area contributed by atoms with Gasteiger partial charge in [0.1, 0.15) is 0 Å². The van der Waals surface area contributed by atoms with Crippen molar-refractivity contribution in [3.63, 3.8) is 0 Å². The van der Waals surface area contributed by atoms with Gasteiger partial charge in [0.05, 0.1) is 6.42 Å². The third-order valence-corrected chi connectivity index (χ3v) is 2.09. The van der Waals surface area contributed by atoms with Crippen molar-refractivity contribution in [2.24, 2.45) is 5.84 Å². The Kier molecular flexibility index (Phi) is 4.13. The summed E-state index contributed by atoms with van der Waals surface area (Å²) >= 11 is 0. The smallest absolute Gasteiger partial charge is 0.238 e. The van der Waals surface area contributed by atoms with Crippen LogP contribution in [0.25, 0.3) is 0 Å². The van der Waals surface area contributed by atoms with Gasteiger partial charge in [-0.1, -0.05) is 37.6 Å². The van der Waals surface area contributed by atoms with Gasteiger partial charge in [0, 0.05) is 0 Å². The lowest BCUT2D eigenvalue weighted by atomic mass is 10.1. The summed E-state index contributed by atoms with van der Waals surface area (Å²) in [6.45, 7) is 2.15. The average molecular weight is 192 g/mol. The number of carbonyl (C=O) groups excluding carboxylic acids is 1. The minimum atomic E-state index is -0.159. The van der Waals surface area contributed by atoms with Gasteiger partial charge >= 0.3 is 0 Å². The van der Waals surface area contributed by atoms with Gasteiger partial charge in [0.15, 0.2) is 0 Å². The maximum atomic E-state index is 11.0. The average Bonchev–Trinajstić information content (AvgIpc) is 2.21. The van der Waals surface area contributed by atoms with Crippen molar-refractivity contribution < 1.29 is 4.79 Å². The van der Waals surface area contributed by atoms with Crippen LogP contribution in [-0.2, 0) is 17.6 Å². The lowest BCUT2D eigenvalue weighted by molar-refractivity contribution is -0.120. The van der Waals surface area contributed by atoms with E-state index in [0.29, 0.717) is 6.42 Å². The van der Waals surface area contributed by atoms with Crippen molar-refractivity contribution in [2.45, 2.75) is 26.2 Å². The second kappa shape index (κ2) is 5.40. The molecule has 0 fully saturated rings. The van der Waals surface area contributed by atoms with E-state index in [0.717, 1.165) is 18.4 Å². The van der Waals surface area contributed by atoms with Crippen LogP contribution in [-0.4, -0.2) is 5.91 Å². The van der Waals surface area contributed by atoms with Crippen LogP contribution in [0.2, 0.25) is 0 Å². The van der Waals surface area contributed by atoms with E-state index >= 15 is 0 Å². The summed E-state index contributed by atoms with van der Waals surface area (Å²) in [7, 11) is 0. The molecular weight excluding hydrogens is 176 g/mol. The van der Waals surface area contributed by atoms with Crippen LogP contribution < -0.4 is 11.3 Å². The zero-order valence-electron chi connectivity index (χ0n) is 8.42. The third-order valence-electron chi connectivity index (χ3n) is 2.09. The lowest BCUT2D eigenvalue weighted by Crippen LogP contribution is -2.31. The normalized spacial score (nSPS) is 9.86. The number of carbonyl (C=O) groups is 1. The molecule has 0 unspecified atom stereocenters. The van der Waals surface area contributed by atoms with E-state index in [-0.39, 0.29) is 5.91 Å². The standard InChI is InChI=1S/C11H16N2O/c1-2-3-9-4-6-10(7-5-9)8-11(14)13-12/h4-7H,2-3,8,12H2,1H3,(H,13,14). The highest BCUT2D eigenvalue weighted by atomic mass is 16.2. The minimum absolute atomic E-state index is 0.159. The van der Waals surface area contributed by atoms with Crippen molar-refractivity contribution in [1.29, 1.82) is 0 Å².